The Bertz CT molecular complexity index is 558. The minimum Gasteiger partial charge on any atom is -0.465 e. The van der Waals surface area contributed by atoms with Crippen LogP contribution in [-0.4, -0.2) is 20.2 Å². The van der Waals surface area contributed by atoms with E-state index in [2.05, 4.69) is 4.74 Å². The van der Waals surface area contributed by atoms with Gasteiger partial charge in [-0.2, -0.15) is 0 Å². The second-order valence-electron chi connectivity index (χ2n) is 4.19. The molecule has 104 valence electrons. The minimum absolute atomic E-state index is 0.361. The van der Waals surface area contributed by atoms with E-state index in [1.807, 2.05) is 24.3 Å². The van der Waals surface area contributed by atoms with E-state index in [9.17, 15) is 4.79 Å². The molecular formula is C16H16O4. The van der Waals surface area contributed by atoms with Crippen molar-refractivity contribution < 1.29 is 19.0 Å². The second kappa shape index (κ2) is 6.73. The number of ether oxygens (including phenoxy) is 3. The Hall–Kier alpha value is -2.33. The quantitative estimate of drug-likeness (QED) is 0.782. The van der Waals surface area contributed by atoms with Crippen LogP contribution in [0.15, 0.2) is 48.5 Å². The fourth-order valence-electron chi connectivity index (χ4n) is 1.73. The Labute approximate surface area is 117 Å². The summed E-state index contributed by atoms with van der Waals surface area (Å²) in [4.78, 5) is 11.3. The third-order valence-electron chi connectivity index (χ3n) is 2.75. The van der Waals surface area contributed by atoms with E-state index in [4.69, 9.17) is 9.47 Å². The van der Waals surface area contributed by atoms with E-state index in [-0.39, 0.29) is 5.97 Å². The van der Waals surface area contributed by atoms with Crippen molar-refractivity contribution in [3.05, 3.63) is 59.7 Å². The maximum atomic E-state index is 11.3. The molecule has 0 atom stereocenters. The molecule has 0 unspecified atom stereocenters. The van der Waals surface area contributed by atoms with Crippen molar-refractivity contribution in [1.29, 1.82) is 0 Å². The lowest BCUT2D eigenvalue weighted by Crippen LogP contribution is -2.00. The first-order valence-corrected chi connectivity index (χ1v) is 6.17. The summed E-state index contributed by atoms with van der Waals surface area (Å²) in [7, 11) is 3.02. The molecule has 0 aliphatic heterocycles. The maximum absolute atomic E-state index is 11.3. The van der Waals surface area contributed by atoms with E-state index in [0.717, 1.165) is 11.3 Å². The number of rotatable bonds is 5. The van der Waals surface area contributed by atoms with Crippen LogP contribution in [0, 0.1) is 0 Å². The standard InChI is InChI=1S/C16H16O4/c1-18-11-12-3-7-14(8-4-12)20-15-9-5-13(6-10-15)16(17)19-2/h3-10H,11H2,1-2H3. The van der Waals surface area contributed by atoms with Crippen molar-refractivity contribution >= 4 is 5.97 Å². The predicted molar refractivity (Wildman–Crippen MR) is 75.0 cm³/mol. The van der Waals surface area contributed by atoms with E-state index in [1.54, 1.807) is 31.4 Å². The van der Waals surface area contributed by atoms with E-state index in [1.165, 1.54) is 7.11 Å². The highest BCUT2D eigenvalue weighted by Crippen LogP contribution is 2.22. The molecule has 4 nitrogen and oxygen atoms in total. The van der Waals surface area contributed by atoms with Crippen LogP contribution < -0.4 is 4.74 Å². The van der Waals surface area contributed by atoms with Crippen LogP contribution in [-0.2, 0) is 16.1 Å². The van der Waals surface area contributed by atoms with Gasteiger partial charge in [0.25, 0.3) is 0 Å². The first-order chi connectivity index (χ1) is 9.72. The normalized spacial score (nSPS) is 10.1. The SMILES string of the molecule is COCc1ccc(Oc2ccc(C(=O)OC)cc2)cc1. The van der Waals surface area contributed by atoms with Crippen LogP contribution in [0.5, 0.6) is 11.5 Å². The van der Waals surface area contributed by atoms with E-state index >= 15 is 0 Å². The zero-order valence-electron chi connectivity index (χ0n) is 11.5. The van der Waals surface area contributed by atoms with Gasteiger partial charge in [-0.1, -0.05) is 12.1 Å². The Morgan fingerprint density at radius 2 is 1.45 bits per heavy atom. The highest BCUT2D eigenvalue weighted by atomic mass is 16.5. The minimum atomic E-state index is -0.361. The molecule has 2 aromatic rings. The lowest BCUT2D eigenvalue weighted by molar-refractivity contribution is 0.0600. The van der Waals surface area contributed by atoms with Crippen molar-refractivity contribution in [2.24, 2.45) is 0 Å². The highest BCUT2D eigenvalue weighted by molar-refractivity contribution is 5.89. The molecule has 4 heteroatoms. The number of hydrogen-bond acceptors (Lipinski definition) is 4. The monoisotopic (exact) mass is 272 g/mol. The van der Waals surface area contributed by atoms with Crippen molar-refractivity contribution in [2.75, 3.05) is 14.2 Å². The van der Waals surface area contributed by atoms with Crippen molar-refractivity contribution in [3.8, 4) is 11.5 Å². The van der Waals surface area contributed by atoms with Gasteiger partial charge in [0, 0.05) is 7.11 Å². The molecule has 0 saturated carbocycles. The zero-order valence-corrected chi connectivity index (χ0v) is 11.5. The first kappa shape index (κ1) is 14.1. The van der Waals surface area contributed by atoms with Gasteiger partial charge in [-0.25, -0.2) is 4.79 Å². The molecule has 2 rings (SSSR count). The molecule has 0 aromatic heterocycles. The molecule has 0 N–H and O–H groups in total. The van der Waals surface area contributed by atoms with Gasteiger partial charge in [-0.15, -0.1) is 0 Å². The summed E-state index contributed by atoms with van der Waals surface area (Å²) >= 11 is 0. The lowest BCUT2D eigenvalue weighted by atomic mass is 10.2. The van der Waals surface area contributed by atoms with Gasteiger partial charge >= 0.3 is 5.97 Å². The molecule has 0 fully saturated rings. The number of hydrogen-bond donors (Lipinski definition) is 0. The summed E-state index contributed by atoms with van der Waals surface area (Å²) in [5, 5.41) is 0. The summed E-state index contributed by atoms with van der Waals surface area (Å²) in [6, 6.07) is 14.4. The average molecular weight is 272 g/mol. The van der Waals surface area contributed by atoms with Gasteiger partial charge in [0.15, 0.2) is 0 Å². The van der Waals surface area contributed by atoms with Gasteiger partial charge < -0.3 is 14.2 Å². The van der Waals surface area contributed by atoms with Gasteiger partial charge in [0.2, 0.25) is 0 Å². The van der Waals surface area contributed by atoms with Crippen LogP contribution in [0.25, 0.3) is 0 Å². The van der Waals surface area contributed by atoms with Gasteiger partial charge in [-0.05, 0) is 42.0 Å². The fourth-order valence-corrected chi connectivity index (χ4v) is 1.73. The molecule has 20 heavy (non-hydrogen) atoms. The van der Waals surface area contributed by atoms with E-state index in [0.29, 0.717) is 17.9 Å². The molecular weight excluding hydrogens is 256 g/mol. The third-order valence-corrected chi connectivity index (χ3v) is 2.75. The zero-order chi connectivity index (χ0) is 14.4. The number of esters is 1. The topological polar surface area (TPSA) is 44.8 Å². The largest absolute Gasteiger partial charge is 0.465 e. The van der Waals surface area contributed by atoms with Crippen molar-refractivity contribution in [1.82, 2.24) is 0 Å². The Balaban J connectivity index is 2.04. The molecule has 0 heterocycles. The van der Waals surface area contributed by atoms with Crippen LogP contribution >= 0.6 is 0 Å². The molecule has 2 aromatic carbocycles. The fraction of sp³-hybridized carbons (Fsp3) is 0.188. The number of methoxy groups -OCH3 is 2. The number of benzene rings is 2. The van der Waals surface area contributed by atoms with Gasteiger partial charge in [0.1, 0.15) is 11.5 Å². The van der Waals surface area contributed by atoms with Crippen LogP contribution in [0.2, 0.25) is 0 Å². The number of carbonyl (C=O) groups is 1. The molecule has 0 aliphatic rings. The second-order valence-corrected chi connectivity index (χ2v) is 4.19. The summed E-state index contributed by atoms with van der Waals surface area (Å²) in [6.07, 6.45) is 0. The number of carbonyl (C=O) groups excluding carboxylic acids is 1. The van der Waals surface area contributed by atoms with E-state index < -0.39 is 0 Å². The summed E-state index contributed by atoms with van der Waals surface area (Å²) in [5.41, 5.74) is 1.58. The smallest absolute Gasteiger partial charge is 0.337 e. The lowest BCUT2D eigenvalue weighted by Gasteiger charge is -2.07. The predicted octanol–water partition coefficient (Wildman–Crippen LogP) is 3.41. The summed E-state index contributed by atoms with van der Waals surface area (Å²) in [6.45, 7) is 0.577. The highest BCUT2D eigenvalue weighted by Gasteiger charge is 2.05. The van der Waals surface area contributed by atoms with Crippen LogP contribution in [0.3, 0.4) is 0 Å². The molecule has 0 radical (unpaired) electrons. The average Bonchev–Trinajstić information content (AvgIpc) is 2.49. The maximum Gasteiger partial charge on any atom is 0.337 e. The van der Waals surface area contributed by atoms with Crippen molar-refractivity contribution in [3.63, 3.8) is 0 Å². The summed E-state index contributed by atoms with van der Waals surface area (Å²) in [5.74, 6) is 1.04. The van der Waals surface area contributed by atoms with Gasteiger partial charge in [-0.3, -0.25) is 0 Å². The Kier molecular flexibility index (Phi) is 4.74. The van der Waals surface area contributed by atoms with Crippen LogP contribution in [0.1, 0.15) is 15.9 Å². The summed E-state index contributed by atoms with van der Waals surface area (Å²) < 4.78 is 15.4. The molecule has 0 saturated heterocycles. The first-order valence-electron chi connectivity index (χ1n) is 6.17. The molecule has 0 bridgehead atoms. The van der Waals surface area contributed by atoms with Gasteiger partial charge in [0.05, 0.1) is 19.3 Å². The van der Waals surface area contributed by atoms with Crippen LogP contribution in [0.4, 0.5) is 0 Å². The molecule has 0 amide bonds. The molecule has 0 spiro atoms. The van der Waals surface area contributed by atoms with Crippen molar-refractivity contribution in [2.45, 2.75) is 6.61 Å². The Morgan fingerprint density at radius 1 is 0.900 bits per heavy atom. The molecule has 0 aliphatic carbocycles. The Morgan fingerprint density at radius 3 is 1.95 bits per heavy atom. The third kappa shape index (κ3) is 3.59.